The summed E-state index contributed by atoms with van der Waals surface area (Å²) in [6.07, 6.45) is 18.8. The van der Waals surface area contributed by atoms with Crippen molar-refractivity contribution >= 4 is 0 Å². The van der Waals surface area contributed by atoms with Gasteiger partial charge in [0.15, 0.2) is 0 Å². The van der Waals surface area contributed by atoms with Crippen molar-refractivity contribution in [2.24, 2.45) is 28.6 Å². The maximum atomic E-state index is 5.60. The second-order valence-electron chi connectivity index (χ2n) is 8.60. The standard InChI is InChI=1S/C23H38/c1-7-10-11-20-15-17-22(8-2)19(6)14-16-23(22,9-3)21(20)13-12-18(4)5/h1,19-21H,4,8-17H2,2-3,5-6H3. The summed E-state index contributed by atoms with van der Waals surface area (Å²) in [6.45, 7) is 13.9. The summed E-state index contributed by atoms with van der Waals surface area (Å²) >= 11 is 0. The van der Waals surface area contributed by atoms with Gasteiger partial charge < -0.3 is 0 Å². The van der Waals surface area contributed by atoms with Crippen LogP contribution in [-0.2, 0) is 0 Å². The minimum atomic E-state index is 0.564. The molecule has 0 amide bonds. The lowest BCUT2D eigenvalue weighted by Gasteiger charge is -2.59. The van der Waals surface area contributed by atoms with E-state index in [2.05, 4.69) is 40.2 Å². The number of hydrogen-bond acceptors (Lipinski definition) is 0. The highest BCUT2D eigenvalue weighted by atomic mass is 14.7. The minimum absolute atomic E-state index is 0.564. The van der Waals surface area contributed by atoms with E-state index in [0.29, 0.717) is 10.8 Å². The van der Waals surface area contributed by atoms with E-state index in [1.54, 1.807) is 0 Å². The smallest absolute Gasteiger partial charge is 0.00888 e. The summed E-state index contributed by atoms with van der Waals surface area (Å²) in [5.41, 5.74) is 2.51. The molecular formula is C23H38. The van der Waals surface area contributed by atoms with Gasteiger partial charge in [-0.15, -0.1) is 18.9 Å². The Bertz CT molecular complexity index is 453. The van der Waals surface area contributed by atoms with Crippen LogP contribution in [-0.4, -0.2) is 0 Å². The molecule has 0 heterocycles. The lowest BCUT2D eigenvalue weighted by Crippen LogP contribution is -2.51. The molecule has 0 N–H and O–H groups in total. The van der Waals surface area contributed by atoms with Crippen LogP contribution in [0.5, 0.6) is 0 Å². The maximum absolute atomic E-state index is 5.60. The first-order chi connectivity index (χ1) is 11.0. The molecule has 0 nitrogen and oxygen atoms in total. The van der Waals surface area contributed by atoms with Gasteiger partial charge in [0.25, 0.3) is 0 Å². The second-order valence-corrected chi connectivity index (χ2v) is 8.60. The predicted octanol–water partition coefficient (Wildman–Crippen LogP) is 7.01. The molecule has 130 valence electrons. The predicted molar refractivity (Wildman–Crippen MR) is 102 cm³/mol. The molecule has 5 unspecified atom stereocenters. The SMILES string of the molecule is C#CCCC1CCC2(CC)C(C)CCC2(CC)C1CCC(=C)C. The van der Waals surface area contributed by atoms with E-state index in [1.807, 2.05) is 0 Å². The van der Waals surface area contributed by atoms with Gasteiger partial charge in [-0.3, -0.25) is 0 Å². The van der Waals surface area contributed by atoms with Crippen molar-refractivity contribution in [2.45, 2.75) is 91.9 Å². The number of fused-ring (bicyclic) bond motifs is 1. The van der Waals surface area contributed by atoms with Gasteiger partial charge in [0.2, 0.25) is 0 Å². The molecule has 0 aliphatic heterocycles. The first-order valence-electron chi connectivity index (χ1n) is 10.0. The molecule has 0 aromatic rings. The van der Waals surface area contributed by atoms with Crippen LogP contribution in [0.1, 0.15) is 91.9 Å². The Hall–Kier alpha value is -0.700. The summed E-state index contributed by atoms with van der Waals surface area (Å²) in [4.78, 5) is 0. The summed E-state index contributed by atoms with van der Waals surface area (Å²) in [7, 11) is 0. The second kappa shape index (κ2) is 7.46. The molecule has 2 fully saturated rings. The van der Waals surface area contributed by atoms with Crippen molar-refractivity contribution in [1.29, 1.82) is 0 Å². The molecular weight excluding hydrogens is 276 g/mol. The van der Waals surface area contributed by atoms with E-state index in [9.17, 15) is 0 Å². The highest BCUT2D eigenvalue weighted by Crippen LogP contribution is 2.70. The Balaban J connectivity index is 2.36. The quantitative estimate of drug-likeness (QED) is 0.350. The third-order valence-electron chi connectivity index (χ3n) is 8.00. The maximum Gasteiger partial charge on any atom is 0.00888 e. The van der Waals surface area contributed by atoms with E-state index < -0.39 is 0 Å². The average Bonchev–Trinajstić information content (AvgIpc) is 2.84. The Morgan fingerprint density at radius 3 is 2.35 bits per heavy atom. The van der Waals surface area contributed by atoms with E-state index in [1.165, 1.54) is 63.4 Å². The summed E-state index contributed by atoms with van der Waals surface area (Å²) in [5, 5.41) is 0. The zero-order valence-electron chi connectivity index (χ0n) is 16.1. The largest absolute Gasteiger partial charge is 0.120 e. The molecule has 0 radical (unpaired) electrons. The summed E-state index contributed by atoms with van der Waals surface area (Å²) in [5.74, 6) is 5.50. The lowest BCUT2D eigenvalue weighted by atomic mass is 9.46. The number of terminal acetylenes is 1. The molecule has 2 aliphatic carbocycles. The van der Waals surface area contributed by atoms with Crippen molar-refractivity contribution in [3.05, 3.63) is 12.2 Å². The molecule has 0 saturated heterocycles. The fourth-order valence-electron chi connectivity index (χ4n) is 6.83. The van der Waals surface area contributed by atoms with Gasteiger partial charge in [-0.1, -0.05) is 26.3 Å². The third kappa shape index (κ3) is 3.01. The van der Waals surface area contributed by atoms with Crippen molar-refractivity contribution < 1.29 is 0 Å². The average molecular weight is 315 g/mol. The molecule has 0 aromatic heterocycles. The zero-order chi connectivity index (χ0) is 17.1. The normalized spacial score (nSPS) is 39.7. The summed E-state index contributed by atoms with van der Waals surface area (Å²) < 4.78 is 0. The van der Waals surface area contributed by atoms with Crippen LogP contribution in [0, 0.1) is 40.9 Å². The van der Waals surface area contributed by atoms with Crippen LogP contribution >= 0.6 is 0 Å². The molecule has 2 rings (SSSR count). The highest BCUT2D eigenvalue weighted by molar-refractivity contribution is 5.12. The van der Waals surface area contributed by atoms with E-state index in [0.717, 1.165) is 24.2 Å². The van der Waals surface area contributed by atoms with E-state index in [-0.39, 0.29) is 0 Å². The van der Waals surface area contributed by atoms with Gasteiger partial charge in [-0.05, 0) is 93.3 Å². The van der Waals surface area contributed by atoms with E-state index in [4.69, 9.17) is 6.42 Å². The molecule has 2 saturated carbocycles. The topological polar surface area (TPSA) is 0 Å². The number of rotatable bonds is 7. The first-order valence-corrected chi connectivity index (χ1v) is 10.0. The van der Waals surface area contributed by atoms with Crippen molar-refractivity contribution in [3.63, 3.8) is 0 Å². The van der Waals surface area contributed by atoms with Gasteiger partial charge in [0, 0.05) is 6.42 Å². The third-order valence-corrected chi connectivity index (χ3v) is 8.00. The molecule has 0 bridgehead atoms. The zero-order valence-corrected chi connectivity index (χ0v) is 16.1. The van der Waals surface area contributed by atoms with E-state index >= 15 is 0 Å². The number of allylic oxidation sites excluding steroid dienone is 1. The lowest BCUT2D eigenvalue weighted by molar-refractivity contribution is -0.0988. The van der Waals surface area contributed by atoms with Crippen molar-refractivity contribution in [1.82, 2.24) is 0 Å². The fraction of sp³-hybridized carbons (Fsp3) is 0.826. The van der Waals surface area contributed by atoms with Gasteiger partial charge in [0.1, 0.15) is 0 Å². The van der Waals surface area contributed by atoms with Gasteiger partial charge in [0.05, 0.1) is 0 Å². The molecule has 0 heteroatoms. The highest BCUT2D eigenvalue weighted by Gasteiger charge is 2.62. The first kappa shape index (κ1) is 18.6. The van der Waals surface area contributed by atoms with Crippen LogP contribution in [0.15, 0.2) is 12.2 Å². The molecule has 2 aliphatic rings. The van der Waals surface area contributed by atoms with Crippen LogP contribution < -0.4 is 0 Å². The Kier molecular flexibility index (Phi) is 6.05. The fourth-order valence-corrected chi connectivity index (χ4v) is 6.83. The van der Waals surface area contributed by atoms with Crippen LogP contribution in [0.25, 0.3) is 0 Å². The van der Waals surface area contributed by atoms with Crippen molar-refractivity contribution in [2.75, 3.05) is 0 Å². The van der Waals surface area contributed by atoms with Gasteiger partial charge >= 0.3 is 0 Å². The monoisotopic (exact) mass is 314 g/mol. The van der Waals surface area contributed by atoms with Gasteiger partial charge in [-0.25, -0.2) is 0 Å². The Morgan fingerprint density at radius 2 is 1.78 bits per heavy atom. The summed E-state index contributed by atoms with van der Waals surface area (Å²) in [6, 6.07) is 0. The molecule has 23 heavy (non-hydrogen) atoms. The molecule has 0 aromatic carbocycles. The molecule has 0 spiro atoms. The Labute approximate surface area is 145 Å². The Morgan fingerprint density at radius 1 is 1.13 bits per heavy atom. The van der Waals surface area contributed by atoms with Crippen LogP contribution in [0.2, 0.25) is 0 Å². The number of hydrogen-bond donors (Lipinski definition) is 0. The van der Waals surface area contributed by atoms with Crippen molar-refractivity contribution in [3.8, 4) is 12.3 Å². The van der Waals surface area contributed by atoms with Gasteiger partial charge in [-0.2, -0.15) is 0 Å². The molecule has 5 atom stereocenters. The minimum Gasteiger partial charge on any atom is -0.120 e. The van der Waals surface area contributed by atoms with Crippen LogP contribution in [0.3, 0.4) is 0 Å². The van der Waals surface area contributed by atoms with Crippen LogP contribution in [0.4, 0.5) is 0 Å².